The minimum atomic E-state index is 0.709. The molecule has 1 N–H and O–H groups in total. The van der Waals surface area contributed by atoms with Crippen molar-refractivity contribution >= 4 is 0 Å². The Labute approximate surface area is 86.7 Å². The average Bonchev–Trinajstić information content (AvgIpc) is 2.23. The van der Waals surface area contributed by atoms with Crippen LogP contribution in [-0.2, 0) is 4.74 Å². The number of hydrogen-bond donors (Lipinski definition) is 1. The van der Waals surface area contributed by atoms with Crippen LogP contribution in [-0.4, -0.2) is 25.3 Å². The molecule has 1 unspecified atom stereocenters. The van der Waals surface area contributed by atoms with Crippen molar-refractivity contribution in [1.82, 2.24) is 5.32 Å². The highest BCUT2D eigenvalue weighted by molar-refractivity contribution is 5.04. The summed E-state index contributed by atoms with van der Waals surface area (Å²) in [5.74, 6) is 0. The molecule has 1 aliphatic heterocycles. The van der Waals surface area contributed by atoms with E-state index < -0.39 is 0 Å². The van der Waals surface area contributed by atoms with Crippen LogP contribution >= 0.6 is 0 Å². The van der Waals surface area contributed by atoms with Gasteiger partial charge in [-0.1, -0.05) is 11.6 Å². The summed E-state index contributed by atoms with van der Waals surface area (Å²) in [7, 11) is 0. The average molecular weight is 195 g/mol. The van der Waals surface area contributed by atoms with E-state index >= 15 is 0 Å². The normalized spacial score (nSPS) is 30.1. The second-order valence-electron chi connectivity index (χ2n) is 4.58. The number of rotatable bonds is 2. The second kappa shape index (κ2) is 4.94. The van der Waals surface area contributed by atoms with Crippen molar-refractivity contribution in [1.29, 1.82) is 0 Å². The van der Waals surface area contributed by atoms with Crippen LogP contribution in [0.3, 0.4) is 0 Å². The Balaban J connectivity index is 1.74. The molecule has 0 radical (unpaired) electrons. The lowest BCUT2D eigenvalue weighted by molar-refractivity contribution is 0.0744. The van der Waals surface area contributed by atoms with E-state index in [0.29, 0.717) is 6.04 Å². The molecule has 0 spiro atoms. The topological polar surface area (TPSA) is 21.3 Å². The summed E-state index contributed by atoms with van der Waals surface area (Å²) in [5, 5.41) is 3.75. The van der Waals surface area contributed by atoms with Gasteiger partial charge in [0.25, 0.3) is 0 Å². The van der Waals surface area contributed by atoms with Crippen molar-refractivity contribution in [3.05, 3.63) is 11.6 Å². The van der Waals surface area contributed by atoms with Gasteiger partial charge in [-0.05, 0) is 39.0 Å². The first-order chi connectivity index (χ1) is 6.84. The third-order valence-corrected chi connectivity index (χ3v) is 3.33. The lowest BCUT2D eigenvalue weighted by atomic mass is 9.95. The second-order valence-corrected chi connectivity index (χ2v) is 4.58. The molecule has 14 heavy (non-hydrogen) atoms. The zero-order valence-corrected chi connectivity index (χ0v) is 9.09. The smallest absolute Gasteiger partial charge is 0.0480 e. The van der Waals surface area contributed by atoms with Crippen molar-refractivity contribution in [2.24, 2.45) is 0 Å². The van der Waals surface area contributed by atoms with Gasteiger partial charge in [0.05, 0.1) is 0 Å². The number of nitrogens with one attached hydrogen (secondary N) is 1. The molecule has 1 aliphatic carbocycles. The molecule has 0 aromatic rings. The monoisotopic (exact) mass is 195 g/mol. The van der Waals surface area contributed by atoms with Crippen molar-refractivity contribution < 1.29 is 4.74 Å². The van der Waals surface area contributed by atoms with Crippen LogP contribution in [0, 0.1) is 0 Å². The van der Waals surface area contributed by atoms with E-state index in [1.54, 1.807) is 5.57 Å². The van der Waals surface area contributed by atoms with Gasteiger partial charge in [-0.2, -0.15) is 0 Å². The maximum Gasteiger partial charge on any atom is 0.0480 e. The summed E-state index contributed by atoms with van der Waals surface area (Å²) in [6.45, 7) is 4.13. The van der Waals surface area contributed by atoms with E-state index in [1.807, 2.05) is 0 Å². The van der Waals surface area contributed by atoms with Crippen molar-refractivity contribution in [2.45, 2.75) is 51.1 Å². The first-order valence-electron chi connectivity index (χ1n) is 5.84. The highest BCUT2D eigenvalue weighted by Crippen LogP contribution is 2.19. The zero-order chi connectivity index (χ0) is 9.80. The summed E-state index contributed by atoms with van der Waals surface area (Å²) >= 11 is 0. The minimum Gasteiger partial charge on any atom is -0.381 e. The molecule has 80 valence electrons. The van der Waals surface area contributed by atoms with Crippen molar-refractivity contribution in [3.63, 3.8) is 0 Å². The molecule has 2 heteroatoms. The molecule has 0 amide bonds. The summed E-state index contributed by atoms with van der Waals surface area (Å²) in [6, 6.07) is 1.43. The molecule has 2 aliphatic rings. The van der Waals surface area contributed by atoms with Crippen LogP contribution in [0.15, 0.2) is 11.6 Å². The Morgan fingerprint density at radius 3 is 2.64 bits per heavy atom. The Bertz CT molecular complexity index is 206. The molecular formula is C12H21NO. The first kappa shape index (κ1) is 10.2. The standard InChI is InChI=1S/C12H21NO/c1-10-2-4-11(5-3-10)13-12-6-8-14-9-7-12/h2,11-13H,3-9H2,1H3. The van der Waals surface area contributed by atoms with Crippen molar-refractivity contribution in [2.75, 3.05) is 13.2 Å². The SMILES string of the molecule is CC1=CCC(NC2CCOCC2)CC1. The van der Waals surface area contributed by atoms with Gasteiger partial charge in [0.2, 0.25) is 0 Å². The summed E-state index contributed by atoms with van der Waals surface area (Å²) in [6.07, 6.45) is 8.60. The van der Waals surface area contributed by atoms with Crippen LogP contribution in [0.1, 0.15) is 39.0 Å². The van der Waals surface area contributed by atoms with Gasteiger partial charge in [0.1, 0.15) is 0 Å². The Morgan fingerprint density at radius 1 is 1.21 bits per heavy atom. The summed E-state index contributed by atoms with van der Waals surface area (Å²) < 4.78 is 5.35. The van der Waals surface area contributed by atoms with Crippen LogP contribution in [0.5, 0.6) is 0 Å². The van der Waals surface area contributed by atoms with Gasteiger partial charge in [-0.25, -0.2) is 0 Å². The maximum atomic E-state index is 5.35. The fourth-order valence-corrected chi connectivity index (χ4v) is 2.31. The van der Waals surface area contributed by atoms with Crippen molar-refractivity contribution in [3.8, 4) is 0 Å². The fraction of sp³-hybridized carbons (Fsp3) is 0.833. The van der Waals surface area contributed by atoms with E-state index in [9.17, 15) is 0 Å². The van der Waals surface area contributed by atoms with Crippen LogP contribution in [0.2, 0.25) is 0 Å². The molecule has 2 rings (SSSR count). The lowest BCUT2D eigenvalue weighted by Crippen LogP contribution is -2.42. The summed E-state index contributed by atoms with van der Waals surface area (Å²) in [4.78, 5) is 0. The largest absolute Gasteiger partial charge is 0.381 e. The van der Waals surface area contributed by atoms with Gasteiger partial charge >= 0.3 is 0 Å². The Morgan fingerprint density at radius 2 is 2.00 bits per heavy atom. The van der Waals surface area contributed by atoms with Crippen LogP contribution in [0.4, 0.5) is 0 Å². The van der Waals surface area contributed by atoms with E-state index in [2.05, 4.69) is 18.3 Å². The quantitative estimate of drug-likeness (QED) is 0.682. The molecule has 1 atom stereocenters. The molecule has 0 saturated carbocycles. The number of ether oxygens (including phenoxy) is 1. The molecule has 1 heterocycles. The van der Waals surface area contributed by atoms with E-state index in [1.165, 1.54) is 32.1 Å². The van der Waals surface area contributed by atoms with Gasteiger partial charge in [-0.3, -0.25) is 0 Å². The number of allylic oxidation sites excluding steroid dienone is 1. The Hall–Kier alpha value is -0.340. The van der Waals surface area contributed by atoms with Crippen LogP contribution in [0.25, 0.3) is 0 Å². The predicted octanol–water partition coefficient (Wildman–Crippen LogP) is 2.25. The molecule has 0 bridgehead atoms. The fourth-order valence-electron chi connectivity index (χ4n) is 2.31. The number of hydrogen-bond acceptors (Lipinski definition) is 2. The zero-order valence-electron chi connectivity index (χ0n) is 9.09. The predicted molar refractivity (Wildman–Crippen MR) is 58.4 cm³/mol. The third kappa shape index (κ3) is 2.82. The molecule has 0 aromatic heterocycles. The lowest BCUT2D eigenvalue weighted by Gasteiger charge is -2.30. The van der Waals surface area contributed by atoms with Gasteiger partial charge in [-0.15, -0.1) is 0 Å². The maximum absolute atomic E-state index is 5.35. The Kier molecular flexibility index (Phi) is 3.60. The van der Waals surface area contributed by atoms with E-state index in [4.69, 9.17) is 4.74 Å². The molecule has 1 fully saturated rings. The molecule has 1 saturated heterocycles. The van der Waals surface area contributed by atoms with E-state index in [-0.39, 0.29) is 0 Å². The first-order valence-corrected chi connectivity index (χ1v) is 5.84. The molecule has 2 nitrogen and oxygen atoms in total. The highest BCUT2D eigenvalue weighted by atomic mass is 16.5. The highest BCUT2D eigenvalue weighted by Gasteiger charge is 2.19. The van der Waals surface area contributed by atoms with Gasteiger partial charge in [0.15, 0.2) is 0 Å². The molecule has 0 aromatic carbocycles. The third-order valence-electron chi connectivity index (χ3n) is 3.33. The molecular weight excluding hydrogens is 174 g/mol. The van der Waals surface area contributed by atoms with E-state index in [0.717, 1.165) is 19.3 Å². The summed E-state index contributed by atoms with van der Waals surface area (Å²) in [5.41, 5.74) is 1.56. The minimum absolute atomic E-state index is 0.709. The van der Waals surface area contributed by atoms with Gasteiger partial charge in [0, 0.05) is 25.3 Å². The van der Waals surface area contributed by atoms with Gasteiger partial charge < -0.3 is 10.1 Å². The van der Waals surface area contributed by atoms with Crippen LogP contribution < -0.4 is 5.32 Å².